The predicted molar refractivity (Wildman–Crippen MR) is 99.7 cm³/mol. The quantitative estimate of drug-likeness (QED) is 0.865. The molecular weight excluding hydrogens is 332 g/mol. The minimum absolute atomic E-state index is 0.0836. The van der Waals surface area contributed by atoms with Crippen molar-refractivity contribution in [3.8, 4) is 11.5 Å². The summed E-state index contributed by atoms with van der Waals surface area (Å²) < 4.78 is 11.2. The van der Waals surface area contributed by atoms with E-state index in [0.717, 1.165) is 5.75 Å². The summed E-state index contributed by atoms with van der Waals surface area (Å²) in [7, 11) is 0. The smallest absolute Gasteiger partial charge is 0.267 e. The molecule has 0 bridgehead atoms. The monoisotopic (exact) mass is 354 g/mol. The number of nitrogens with zero attached hydrogens (tertiary/aromatic N) is 1. The topological polar surface area (TPSA) is 67.9 Å². The standard InChI is InChI=1S/C20H22N2O4/c1-3-22-17-13-15(9-10-18(17)26-14(2)20(22)24)21-19(23)11-12-25-16-7-5-4-6-8-16/h4-10,13-14H,3,11-12H2,1-2H3,(H,21,23). The van der Waals surface area contributed by atoms with Crippen LogP contribution in [0, 0.1) is 0 Å². The van der Waals surface area contributed by atoms with Gasteiger partial charge in [0.25, 0.3) is 5.91 Å². The van der Waals surface area contributed by atoms with Crippen molar-refractivity contribution in [1.82, 2.24) is 0 Å². The zero-order valence-corrected chi connectivity index (χ0v) is 14.9. The van der Waals surface area contributed by atoms with Crippen LogP contribution in [0.25, 0.3) is 0 Å². The lowest BCUT2D eigenvalue weighted by molar-refractivity contribution is -0.125. The fraction of sp³-hybridized carbons (Fsp3) is 0.300. The molecule has 2 amide bonds. The third-order valence-electron chi connectivity index (χ3n) is 4.11. The number of fused-ring (bicyclic) bond motifs is 1. The Labute approximate surface area is 152 Å². The van der Waals surface area contributed by atoms with Crippen molar-refractivity contribution in [1.29, 1.82) is 0 Å². The fourth-order valence-electron chi connectivity index (χ4n) is 2.81. The first-order valence-corrected chi connectivity index (χ1v) is 8.68. The van der Waals surface area contributed by atoms with E-state index >= 15 is 0 Å². The molecule has 0 saturated heterocycles. The Kier molecular flexibility index (Phi) is 5.41. The van der Waals surface area contributed by atoms with Crippen molar-refractivity contribution in [2.75, 3.05) is 23.4 Å². The molecule has 136 valence electrons. The van der Waals surface area contributed by atoms with E-state index in [9.17, 15) is 9.59 Å². The highest BCUT2D eigenvalue weighted by molar-refractivity contribution is 6.01. The molecule has 1 atom stereocenters. The maximum Gasteiger partial charge on any atom is 0.267 e. The molecule has 0 saturated carbocycles. The Morgan fingerprint density at radius 2 is 2.00 bits per heavy atom. The highest BCUT2D eigenvalue weighted by Crippen LogP contribution is 2.36. The molecule has 6 heteroatoms. The number of rotatable bonds is 6. The second kappa shape index (κ2) is 7.91. The van der Waals surface area contributed by atoms with Crippen LogP contribution in [-0.4, -0.2) is 31.1 Å². The van der Waals surface area contributed by atoms with Crippen LogP contribution >= 0.6 is 0 Å². The van der Waals surface area contributed by atoms with Gasteiger partial charge in [0.2, 0.25) is 5.91 Å². The first kappa shape index (κ1) is 17.8. The molecule has 1 unspecified atom stereocenters. The Balaban J connectivity index is 1.61. The molecule has 1 N–H and O–H groups in total. The van der Waals surface area contributed by atoms with Crippen LogP contribution in [-0.2, 0) is 9.59 Å². The van der Waals surface area contributed by atoms with Gasteiger partial charge < -0.3 is 19.7 Å². The van der Waals surface area contributed by atoms with E-state index in [0.29, 0.717) is 30.3 Å². The molecule has 1 heterocycles. The minimum Gasteiger partial charge on any atom is -0.493 e. The highest BCUT2D eigenvalue weighted by Gasteiger charge is 2.30. The van der Waals surface area contributed by atoms with Gasteiger partial charge >= 0.3 is 0 Å². The van der Waals surface area contributed by atoms with E-state index in [1.54, 1.807) is 30.0 Å². The molecule has 0 aliphatic carbocycles. The molecule has 3 rings (SSSR count). The van der Waals surface area contributed by atoms with Gasteiger partial charge in [0, 0.05) is 12.2 Å². The molecule has 1 aliphatic rings. The van der Waals surface area contributed by atoms with E-state index < -0.39 is 6.10 Å². The number of carbonyl (C=O) groups is 2. The number of carbonyl (C=O) groups excluding carboxylic acids is 2. The molecule has 0 radical (unpaired) electrons. The first-order chi connectivity index (χ1) is 12.6. The average molecular weight is 354 g/mol. The average Bonchev–Trinajstić information content (AvgIpc) is 2.64. The van der Waals surface area contributed by atoms with Crippen LogP contribution in [0.3, 0.4) is 0 Å². The second-order valence-electron chi connectivity index (χ2n) is 5.98. The molecule has 6 nitrogen and oxygen atoms in total. The number of benzene rings is 2. The number of anilines is 2. The zero-order chi connectivity index (χ0) is 18.5. The Hall–Kier alpha value is -3.02. The third-order valence-corrected chi connectivity index (χ3v) is 4.11. The fourth-order valence-corrected chi connectivity index (χ4v) is 2.81. The molecule has 1 aliphatic heterocycles. The number of hydrogen-bond acceptors (Lipinski definition) is 4. The van der Waals surface area contributed by atoms with Crippen LogP contribution in [0.4, 0.5) is 11.4 Å². The molecule has 0 spiro atoms. The van der Waals surface area contributed by atoms with E-state index in [1.165, 1.54) is 0 Å². The third kappa shape index (κ3) is 3.96. The summed E-state index contributed by atoms with van der Waals surface area (Å²) in [6.07, 6.45) is -0.270. The molecule has 0 aromatic heterocycles. The van der Waals surface area contributed by atoms with E-state index in [2.05, 4.69) is 5.32 Å². The van der Waals surface area contributed by atoms with Crippen molar-refractivity contribution in [2.45, 2.75) is 26.4 Å². The highest BCUT2D eigenvalue weighted by atomic mass is 16.5. The van der Waals surface area contributed by atoms with Crippen molar-refractivity contribution in [3.05, 3.63) is 48.5 Å². The SMILES string of the molecule is CCN1C(=O)C(C)Oc2ccc(NC(=O)CCOc3ccccc3)cc21. The van der Waals surface area contributed by atoms with Crippen molar-refractivity contribution in [2.24, 2.45) is 0 Å². The van der Waals surface area contributed by atoms with Crippen LogP contribution in [0.2, 0.25) is 0 Å². The molecular formula is C20H22N2O4. The lowest BCUT2D eigenvalue weighted by Crippen LogP contribution is -2.44. The summed E-state index contributed by atoms with van der Waals surface area (Å²) in [5.41, 5.74) is 1.30. The minimum atomic E-state index is -0.502. The number of hydrogen-bond donors (Lipinski definition) is 1. The maximum absolute atomic E-state index is 12.2. The Morgan fingerprint density at radius 3 is 2.73 bits per heavy atom. The summed E-state index contributed by atoms with van der Waals surface area (Å²) in [6.45, 7) is 4.48. The van der Waals surface area contributed by atoms with Gasteiger partial charge in [-0.15, -0.1) is 0 Å². The van der Waals surface area contributed by atoms with Crippen LogP contribution in [0.5, 0.6) is 11.5 Å². The predicted octanol–water partition coefficient (Wildman–Crippen LogP) is 3.23. The van der Waals surface area contributed by atoms with E-state index in [4.69, 9.17) is 9.47 Å². The molecule has 2 aromatic carbocycles. The maximum atomic E-state index is 12.2. The van der Waals surface area contributed by atoms with Gasteiger partial charge in [-0.2, -0.15) is 0 Å². The van der Waals surface area contributed by atoms with Crippen molar-refractivity contribution >= 4 is 23.2 Å². The largest absolute Gasteiger partial charge is 0.493 e. The number of likely N-dealkylation sites (N-methyl/N-ethyl adjacent to an activating group) is 1. The summed E-state index contributed by atoms with van der Waals surface area (Å²) in [5.74, 6) is 1.14. The first-order valence-electron chi connectivity index (χ1n) is 8.68. The normalized spacial score (nSPS) is 15.8. The lowest BCUT2D eigenvalue weighted by Gasteiger charge is -2.32. The number of amides is 2. The van der Waals surface area contributed by atoms with Crippen LogP contribution in [0.15, 0.2) is 48.5 Å². The van der Waals surface area contributed by atoms with Gasteiger partial charge in [-0.25, -0.2) is 0 Å². The summed E-state index contributed by atoms with van der Waals surface area (Å²) in [4.78, 5) is 26.0. The zero-order valence-electron chi connectivity index (χ0n) is 14.9. The van der Waals surface area contributed by atoms with Gasteiger partial charge in [-0.3, -0.25) is 9.59 Å². The van der Waals surface area contributed by atoms with Gasteiger partial charge in [-0.05, 0) is 44.2 Å². The second-order valence-corrected chi connectivity index (χ2v) is 5.98. The summed E-state index contributed by atoms with van der Waals surface area (Å²) in [5, 5.41) is 2.84. The Morgan fingerprint density at radius 1 is 1.23 bits per heavy atom. The summed E-state index contributed by atoms with van der Waals surface area (Å²) in [6, 6.07) is 14.7. The molecule has 2 aromatic rings. The van der Waals surface area contributed by atoms with E-state index in [-0.39, 0.29) is 18.2 Å². The van der Waals surface area contributed by atoms with Crippen LogP contribution < -0.4 is 19.7 Å². The van der Waals surface area contributed by atoms with Crippen molar-refractivity contribution in [3.63, 3.8) is 0 Å². The number of nitrogens with one attached hydrogen (secondary N) is 1. The van der Waals surface area contributed by atoms with Crippen LogP contribution in [0.1, 0.15) is 20.3 Å². The van der Waals surface area contributed by atoms with Gasteiger partial charge in [0.05, 0.1) is 18.7 Å². The van der Waals surface area contributed by atoms with Gasteiger partial charge in [-0.1, -0.05) is 18.2 Å². The molecule has 0 fully saturated rings. The van der Waals surface area contributed by atoms with E-state index in [1.807, 2.05) is 37.3 Å². The number of ether oxygens (including phenoxy) is 2. The Bertz CT molecular complexity index is 792. The lowest BCUT2D eigenvalue weighted by atomic mass is 10.1. The van der Waals surface area contributed by atoms with Gasteiger partial charge in [0.1, 0.15) is 11.5 Å². The molecule has 26 heavy (non-hydrogen) atoms. The van der Waals surface area contributed by atoms with Crippen molar-refractivity contribution < 1.29 is 19.1 Å². The summed E-state index contributed by atoms with van der Waals surface area (Å²) >= 11 is 0. The van der Waals surface area contributed by atoms with Gasteiger partial charge in [0.15, 0.2) is 6.10 Å². The number of para-hydroxylation sites is 1.